The van der Waals surface area contributed by atoms with Gasteiger partial charge < -0.3 is 9.84 Å². The first kappa shape index (κ1) is 14.6. The predicted octanol–water partition coefficient (Wildman–Crippen LogP) is 4.10. The molecule has 2 rings (SSSR count). The first-order chi connectivity index (χ1) is 10.1. The summed E-state index contributed by atoms with van der Waals surface area (Å²) in [6.45, 7) is 0. The van der Waals surface area contributed by atoms with Crippen molar-refractivity contribution in [1.82, 2.24) is 0 Å². The fourth-order valence-electron chi connectivity index (χ4n) is 1.63. The number of ether oxygens (including phenoxy) is 1. The lowest BCUT2D eigenvalue weighted by Crippen LogP contribution is -1.88. The molecule has 0 aliphatic carbocycles. The molecule has 0 aromatic heterocycles. The van der Waals surface area contributed by atoms with Crippen molar-refractivity contribution < 1.29 is 14.6 Å². The lowest BCUT2D eigenvalue weighted by atomic mass is 10.2. The number of carboxylic acid groups (broad SMARTS) is 1. The summed E-state index contributed by atoms with van der Waals surface area (Å²) in [5, 5.41) is 17.8. The fraction of sp³-hybridized carbons (Fsp3) is 0. The van der Waals surface area contributed by atoms with E-state index in [1.165, 1.54) is 6.08 Å². The standard InChI is InChI=1S/C16H10ClNO3/c17-15-9-14(6-4-12(15)5-7-16(19)20)21-13-3-1-2-11(8-13)10-18/h1-9H,(H,19,20)/b7-5+. The molecule has 0 amide bonds. The summed E-state index contributed by atoms with van der Waals surface area (Å²) in [7, 11) is 0. The van der Waals surface area contributed by atoms with Gasteiger partial charge in [-0.1, -0.05) is 17.7 Å². The van der Waals surface area contributed by atoms with Crippen LogP contribution in [0.1, 0.15) is 11.1 Å². The van der Waals surface area contributed by atoms with E-state index >= 15 is 0 Å². The van der Waals surface area contributed by atoms with Crippen molar-refractivity contribution in [2.45, 2.75) is 0 Å². The first-order valence-corrected chi connectivity index (χ1v) is 6.35. The number of hydrogen-bond acceptors (Lipinski definition) is 3. The smallest absolute Gasteiger partial charge is 0.328 e. The van der Waals surface area contributed by atoms with Crippen molar-refractivity contribution in [3.05, 3.63) is 64.7 Å². The molecule has 0 heterocycles. The van der Waals surface area contributed by atoms with Crippen LogP contribution in [-0.4, -0.2) is 11.1 Å². The van der Waals surface area contributed by atoms with Crippen LogP contribution in [0.5, 0.6) is 11.5 Å². The third-order valence-electron chi connectivity index (χ3n) is 2.58. The second kappa shape index (κ2) is 6.60. The number of aliphatic carboxylic acids is 1. The second-order valence-corrected chi connectivity index (χ2v) is 4.50. The van der Waals surface area contributed by atoms with Gasteiger partial charge in [0.05, 0.1) is 16.7 Å². The summed E-state index contributed by atoms with van der Waals surface area (Å²) in [5.41, 5.74) is 1.08. The quantitative estimate of drug-likeness (QED) is 0.863. The lowest BCUT2D eigenvalue weighted by Gasteiger charge is -2.07. The number of rotatable bonds is 4. The van der Waals surface area contributed by atoms with E-state index in [0.717, 1.165) is 6.08 Å². The largest absolute Gasteiger partial charge is 0.478 e. The molecule has 0 atom stereocenters. The van der Waals surface area contributed by atoms with Crippen LogP contribution in [-0.2, 0) is 4.79 Å². The van der Waals surface area contributed by atoms with Crippen LogP contribution in [0.25, 0.3) is 6.08 Å². The highest BCUT2D eigenvalue weighted by Crippen LogP contribution is 2.27. The summed E-state index contributed by atoms with van der Waals surface area (Å²) in [6.07, 6.45) is 2.42. The molecule has 0 aliphatic heterocycles. The molecule has 1 N–H and O–H groups in total. The molecule has 0 unspecified atom stereocenters. The van der Waals surface area contributed by atoms with Crippen LogP contribution in [0.2, 0.25) is 5.02 Å². The van der Waals surface area contributed by atoms with Gasteiger partial charge in [-0.25, -0.2) is 4.79 Å². The van der Waals surface area contributed by atoms with Gasteiger partial charge in [0, 0.05) is 6.08 Å². The van der Waals surface area contributed by atoms with Gasteiger partial charge in [0.15, 0.2) is 0 Å². The van der Waals surface area contributed by atoms with E-state index in [1.54, 1.807) is 42.5 Å². The molecule has 0 radical (unpaired) electrons. The molecule has 0 fully saturated rings. The van der Waals surface area contributed by atoms with Crippen LogP contribution in [0.4, 0.5) is 0 Å². The van der Waals surface area contributed by atoms with E-state index in [9.17, 15) is 4.79 Å². The number of hydrogen-bond donors (Lipinski definition) is 1. The van der Waals surface area contributed by atoms with Crippen LogP contribution >= 0.6 is 11.6 Å². The molecular weight excluding hydrogens is 290 g/mol. The van der Waals surface area contributed by atoms with Crippen molar-refractivity contribution in [2.75, 3.05) is 0 Å². The summed E-state index contributed by atoms with van der Waals surface area (Å²) in [5.74, 6) is -0.0128. The Morgan fingerprint density at radius 2 is 2.00 bits per heavy atom. The Kier molecular flexibility index (Phi) is 4.60. The molecule has 5 heteroatoms. The molecule has 4 nitrogen and oxygen atoms in total. The topological polar surface area (TPSA) is 70.3 Å². The van der Waals surface area contributed by atoms with Crippen LogP contribution in [0.3, 0.4) is 0 Å². The summed E-state index contributed by atoms with van der Waals surface area (Å²) in [4.78, 5) is 10.5. The number of nitriles is 1. The Morgan fingerprint density at radius 1 is 1.24 bits per heavy atom. The van der Waals surface area contributed by atoms with Gasteiger partial charge in [-0.15, -0.1) is 0 Å². The molecule has 0 saturated carbocycles. The Labute approximate surface area is 126 Å². The summed E-state index contributed by atoms with van der Waals surface area (Å²) < 4.78 is 5.61. The van der Waals surface area contributed by atoms with Gasteiger partial charge in [0.25, 0.3) is 0 Å². The molecule has 21 heavy (non-hydrogen) atoms. The zero-order valence-electron chi connectivity index (χ0n) is 10.8. The molecule has 0 aliphatic rings. The van der Waals surface area contributed by atoms with Gasteiger partial charge in [-0.05, 0) is 48.0 Å². The number of halogens is 1. The maximum absolute atomic E-state index is 10.5. The Hall–Kier alpha value is -2.77. The van der Waals surface area contributed by atoms with Gasteiger partial charge >= 0.3 is 5.97 Å². The van der Waals surface area contributed by atoms with E-state index < -0.39 is 5.97 Å². The highest BCUT2D eigenvalue weighted by Gasteiger charge is 2.03. The predicted molar refractivity (Wildman–Crippen MR) is 79.4 cm³/mol. The van der Waals surface area contributed by atoms with Crippen molar-refractivity contribution in [2.24, 2.45) is 0 Å². The zero-order valence-corrected chi connectivity index (χ0v) is 11.5. The highest BCUT2D eigenvalue weighted by molar-refractivity contribution is 6.32. The lowest BCUT2D eigenvalue weighted by molar-refractivity contribution is -0.131. The maximum atomic E-state index is 10.5. The SMILES string of the molecule is N#Cc1cccc(Oc2ccc(/C=C/C(=O)O)c(Cl)c2)c1. The minimum absolute atomic E-state index is 0.376. The van der Waals surface area contributed by atoms with Gasteiger partial charge in [0.2, 0.25) is 0 Å². The maximum Gasteiger partial charge on any atom is 0.328 e. The number of carbonyl (C=O) groups is 1. The summed E-state index contributed by atoms with van der Waals surface area (Å²) in [6, 6.07) is 13.7. The number of carboxylic acids is 1. The monoisotopic (exact) mass is 299 g/mol. The van der Waals surface area contributed by atoms with Crippen LogP contribution in [0.15, 0.2) is 48.5 Å². The van der Waals surface area contributed by atoms with Crippen molar-refractivity contribution in [1.29, 1.82) is 5.26 Å². The van der Waals surface area contributed by atoms with E-state index in [4.69, 9.17) is 26.7 Å². The molecule has 104 valence electrons. The van der Waals surface area contributed by atoms with E-state index in [-0.39, 0.29) is 0 Å². The van der Waals surface area contributed by atoms with Crippen molar-refractivity contribution >= 4 is 23.6 Å². The Bertz CT molecular complexity index is 747. The van der Waals surface area contributed by atoms with Gasteiger partial charge in [-0.2, -0.15) is 5.26 Å². The van der Waals surface area contributed by atoms with E-state index in [0.29, 0.717) is 27.6 Å². The molecule has 0 spiro atoms. The fourth-order valence-corrected chi connectivity index (χ4v) is 1.87. The minimum Gasteiger partial charge on any atom is -0.478 e. The van der Waals surface area contributed by atoms with Crippen molar-refractivity contribution in [3.63, 3.8) is 0 Å². The van der Waals surface area contributed by atoms with Gasteiger partial charge in [-0.3, -0.25) is 0 Å². The second-order valence-electron chi connectivity index (χ2n) is 4.10. The molecular formula is C16H10ClNO3. The molecule has 2 aromatic carbocycles. The molecule has 2 aromatic rings. The first-order valence-electron chi connectivity index (χ1n) is 5.97. The zero-order chi connectivity index (χ0) is 15.2. The normalized spacial score (nSPS) is 10.3. The Morgan fingerprint density at radius 3 is 2.67 bits per heavy atom. The van der Waals surface area contributed by atoms with Crippen LogP contribution in [0, 0.1) is 11.3 Å². The Balaban J connectivity index is 2.20. The third-order valence-corrected chi connectivity index (χ3v) is 2.90. The minimum atomic E-state index is -1.04. The van der Waals surface area contributed by atoms with Crippen molar-refractivity contribution in [3.8, 4) is 17.6 Å². The van der Waals surface area contributed by atoms with E-state index in [1.807, 2.05) is 6.07 Å². The summed E-state index contributed by atoms with van der Waals surface area (Å²) >= 11 is 6.06. The molecule has 0 bridgehead atoms. The van der Waals surface area contributed by atoms with Crippen LogP contribution < -0.4 is 4.74 Å². The third kappa shape index (κ3) is 4.10. The average Bonchev–Trinajstić information content (AvgIpc) is 2.46. The average molecular weight is 300 g/mol. The van der Waals surface area contributed by atoms with Gasteiger partial charge in [0.1, 0.15) is 11.5 Å². The van der Waals surface area contributed by atoms with E-state index in [2.05, 4.69) is 0 Å². The number of benzene rings is 2. The number of nitrogens with zero attached hydrogens (tertiary/aromatic N) is 1. The highest BCUT2D eigenvalue weighted by atomic mass is 35.5. The molecule has 0 saturated heterocycles.